The molecule has 0 saturated carbocycles. The number of urea groups is 1. The largest absolute Gasteiger partial charge is 0.495 e. The number of para-hydroxylation sites is 2. The minimum absolute atomic E-state index is 0.202. The predicted octanol–water partition coefficient (Wildman–Crippen LogP) is 2.81. The summed E-state index contributed by atoms with van der Waals surface area (Å²) < 4.78 is 11.0. The Kier molecular flexibility index (Phi) is 5.70. The molecule has 0 radical (unpaired) electrons. The highest BCUT2D eigenvalue weighted by molar-refractivity contribution is 6.16. The summed E-state index contributed by atoms with van der Waals surface area (Å²) in [6.07, 6.45) is 1.32. The molecule has 9 nitrogen and oxygen atoms in total. The summed E-state index contributed by atoms with van der Waals surface area (Å²) in [6.45, 7) is 2.90. The zero-order valence-electron chi connectivity index (χ0n) is 19.4. The molecule has 0 spiro atoms. The average Bonchev–Trinajstić information content (AvgIpc) is 3.42. The summed E-state index contributed by atoms with van der Waals surface area (Å²) in [4.78, 5) is 38.0. The van der Waals surface area contributed by atoms with Crippen LogP contribution in [0, 0.1) is 0 Å². The third-order valence-electron chi connectivity index (χ3n) is 6.27. The molecule has 2 atom stereocenters. The Morgan fingerprint density at radius 1 is 1.03 bits per heavy atom. The van der Waals surface area contributed by atoms with Crippen molar-refractivity contribution in [2.24, 2.45) is 4.99 Å². The van der Waals surface area contributed by atoms with E-state index < -0.39 is 12.2 Å². The summed E-state index contributed by atoms with van der Waals surface area (Å²) in [5.41, 5.74) is 2.65. The van der Waals surface area contributed by atoms with E-state index in [2.05, 4.69) is 0 Å². The number of hydrogen-bond acceptors (Lipinski definition) is 7. The number of likely N-dealkylation sites (N-methyl/N-ethyl adjacent to an activating group) is 1. The molecular weight excluding hydrogens is 434 g/mol. The molecular formula is C25H27N5O4. The SMILES string of the molecule is CCOCCN1C(=O)C2C(N=C3N(c4ccccc4OC)C(c4ccccc4)=CN32)N(C)C1=O. The quantitative estimate of drug-likeness (QED) is 0.590. The third kappa shape index (κ3) is 3.40. The second-order valence-corrected chi connectivity index (χ2v) is 8.16. The van der Waals surface area contributed by atoms with Crippen LogP contribution in [0.15, 0.2) is 65.8 Å². The summed E-state index contributed by atoms with van der Waals surface area (Å²) in [7, 11) is 3.31. The number of aliphatic imine (C=N–C) groups is 1. The molecule has 2 unspecified atom stereocenters. The van der Waals surface area contributed by atoms with Gasteiger partial charge in [0.2, 0.25) is 5.96 Å². The van der Waals surface area contributed by atoms with Crippen LogP contribution in [0.5, 0.6) is 5.75 Å². The van der Waals surface area contributed by atoms with E-state index in [1.807, 2.05) is 77.5 Å². The minimum Gasteiger partial charge on any atom is -0.495 e. The lowest BCUT2D eigenvalue weighted by Gasteiger charge is -2.40. The summed E-state index contributed by atoms with van der Waals surface area (Å²) >= 11 is 0. The number of benzene rings is 2. The molecule has 3 aliphatic rings. The van der Waals surface area contributed by atoms with Gasteiger partial charge in [-0.05, 0) is 19.1 Å². The number of amides is 3. The van der Waals surface area contributed by atoms with Crippen LogP contribution in [0.1, 0.15) is 12.5 Å². The van der Waals surface area contributed by atoms with Crippen molar-refractivity contribution in [2.75, 3.05) is 38.8 Å². The molecule has 176 valence electrons. The lowest BCUT2D eigenvalue weighted by atomic mass is 10.1. The molecule has 0 N–H and O–H groups in total. The summed E-state index contributed by atoms with van der Waals surface area (Å²) in [5.74, 6) is 0.980. The van der Waals surface area contributed by atoms with Gasteiger partial charge in [0.05, 0.1) is 31.6 Å². The van der Waals surface area contributed by atoms with Crippen molar-refractivity contribution in [1.82, 2.24) is 14.7 Å². The normalized spacial score (nSPS) is 21.5. The van der Waals surface area contributed by atoms with Crippen LogP contribution in [-0.4, -0.2) is 78.7 Å². The maximum atomic E-state index is 13.5. The number of ether oxygens (including phenoxy) is 2. The number of nitrogens with zero attached hydrogens (tertiary/aromatic N) is 5. The van der Waals surface area contributed by atoms with Crippen LogP contribution >= 0.6 is 0 Å². The number of imide groups is 1. The van der Waals surface area contributed by atoms with Gasteiger partial charge in [0.25, 0.3) is 5.91 Å². The summed E-state index contributed by atoms with van der Waals surface area (Å²) in [6, 6.07) is 16.6. The first-order chi connectivity index (χ1) is 16.6. The lowest BCUT2D eigenvalue weighted by Crippen LogP contribution is -2.64. The Labute approximate surface area is 198 Å². The topological polar surface area (TPSA) is 77.9 Å². The van der Waals surface area contributed by atoms with Crippen LogP contribution in [0.25, 0.3) is 5.70 Å². The van der Waals surface area contributed by atoms with Crippen molar-refractivity contribution in [2.45, 2.75) is 19.1 Å². The highest BCUT2D eigenvalue weighted by Crippen LogP contribution is 2.42. The first kappa shape index (κ1) is 22.0. The fraction of sp³-hybridized carbons (Fsp3) is 0.320. The molecule has 2 aromatic carbocycles. The van der Waals surface area contributed by atoms with Crippen LogP contribution < -0.4 is 9.64 Å². The van der Waals surface area contributed by atoms with Crippen LogP contribution in [0.4, 0.5) is 10.5 Å². The predicted molar refractivity (Wildman–Crippen MR) is 128 cm³/mol. The average molecular weight is 462 g/mol. The molecule has 1 fully saturated rings. The number of fused-ring (bicyclic) bond motifs is 3. The summed E-state index contributed by atoms with van der Waals surface area (Å²) in [5, 5.41) is 0. The van der Waals surface area contributed by atoms with Crippen molar-refractivity contribution >= 4 is 29.3 Å². The van der Waals surface area contributed by atoms with Crippen LogP contribution in [-0.2, 0) is 9.53 Å². The second kappa shape index (κ2) is 8.83. The Morgan fingerprint density at radius 2 is 1.76 bits per heavy atom. The molecule has 2 aromatic rings. The van der Waals surface area contributed by atoms with E-state index in [1.165, 1.54) is 9.80 Å². The molecule has 3 heterocycles. The highest BCUT2D eigenvalue weighted by Gasteiger charge is 2.55. The highest BCUT2D eigenvalue weighted by atomic mass is 16.5. The van der Waals surface area contributed by atoms with E-state index in [1.54, 1.807) is 14.2 Å². The molecule has 34 heavy (non-hydrogen) atoms. The van der Waals surface area contributed by atoms with Gasteiger partial charge in [-0.25, -0.2) is 9.79 Å². The zero-order chi connectivity index (χ0) is 23.8. The van der Waals surface area contributed by atoms with Crippen molar-refractivity contribution in [3.8, 4) is 5.75 Å². The molecule has 0 aliphatic carbocycles. The van der Waals surface area contributed by atoms with Crippen molar-refractivity contribution in [3.63, 3.8) is 0 Å². The van der Waals surface area contributed by atoms with E-state index in [9.17, 15) is 9.59 Å². The number of carbonyl (C=O) groups excluding carboxylic acids is 2. The van der Waals surface area contributed by atoms with Gasteiger partial charge in [-0.2, -0.15) is 0 Å². The fourth-order valence-corrected chi connectivity index (χ4v) is 4.61. The molecule has 3 aliphatic heterocycles. The lowest BCUT2D eigenvalue weighted by molar-refractivity contribution is -0.137. The first-order valence-electron chi connectivity index (χ1n) is 11.3. The van der Waals surface area contributed by atoms with Crippen molar-refractivity contribution in [3.05, 3.63) is 66.4 Å². The van der Waals surface area contributed by atoms with Crippen LogP contribution in [0.2, 0.25) is 0 Å². The number of carbonyl (C=O) groups is 2. The Hall–Kier alpha value is -3.85. The van der Waals surface area contributed by atoms with E-state index in [-0.39, 0.29) is 18.5 Å². The minimum atomic E-state index is -0.655. The molecule has 0 aromatic heterocycles. The van der Waals surface area contributed by atoms with Crippen molar-refractivity contribution in [1.29, 1.82) is 0 Å². The van der Waals surface area contributed by atoms with Gasteiger partial charge in [-0.15, -0.1) is 0 Å². The smallest absolute Gasteiger partial charge is 0.328 e. The van der Waals surface area contributed by atoms with Gasteiger partial charge in [-0.3, -0.25) is 19.5 Å². The van der Waals surface area contributed by atoms with Crippen molar-refractivity contribution < 1.29 is 19.1 Å². The van der Waals surface area contributed by atoms with Crippen LogP contribution in [0.3, 0.4) is 0 Å². The molecule has 5 rings (SSSR count). The van der Waals surface area contributed by atoms with E-state index in [0.29, 0.717) is 24.9 Å². The van der Waals surface area contributed by atoms with Gasteiger partial charge in [0, 0.05) is 25.4 Å². The van der Waals surface area contributed by atoms with Gasteiger partial charge in [0.15, 0.2) is 12.2 Å². The maximum Gasteiger partial charge on any atom is 0.328 e. The number of methoxy groups -OCH3 is 1. The molecule has 3 amide bonds. The molecule has 9 heteroatoms. The number of anilines is 1. The first-order valence-corrected chi connectivity index (χ1v) is 11.3. The fourth-order valence-electron chi connectivity index (χ4n) is 4.61. The number of rotatable bonds is 7. The monoisotopic (exact) mass is 461 g/mol. The van der Waals surface area contributed by atoms with Gasteiger partial charge >= 0.3 is 6.03 Å². The second-order valence-electron chi connectivity index (χ2n) is 8.16. The van der Waals surface area contributed by atoms with Gasteiger partial charge < -0.3 is 14.4 Å². The maximum absolute atomic E-state index is 13.5. The number of guanidine groups is 1. The van der Waals surface area contributed by atoms with E-state index >= 15 is 0 Å². The van der Waals surface area contributed by atoms with Gasteiger partial charge in [-0.1, -0.05) is 42.5 Å². The molecule has 0 bridgehead atoms. The Bertz CT molecular complexity index is 1160. The Balaban J connectivity index is 1.58. The Morgan fingerprint density at radius 3 is 2.50 bits per heavy atom. The number of hydrogen-bond donors (Lipinski definition) is 0. The third-order valence-corrected chi connectivity index (χ3v) is 6.27. The standard InChI is InChI=1S/C25H27N5O4/c1-4-34-15-14-28-23(31)21-22(27(2)25(28)32)26-24-29(21)16-19(17-10-6-5-7-11-17)30(24)18-12-8-9-13-20(18)33-3/h5-13,16,21-22H,4,14-15H2,1-3H3. The van der Waals surface area contributed by atoms with E-state index in [0.717, 1.165) is 16.9 Å². The molecule has 1 saturated heterocycles. The van der Waals surface area contributed by atoms with E-state index in [4.69, 9.17) is 14.5 Å². The zero-order valence-corrected chi connectivity index (χ0v) is 19.4. The van der Waals surface area contributed by atoms with Gasteiger partial charge in [0.1, 0.15) is 5.75 Å².